The van der Waals surface area contributed by atoms with Crippen LogP contribution in [0.4, 0.5) is 0 Å². The van der Waals surface area contributed by atoms with Gasteiger partial charge in [0.25, 0.3) is 0 Å². The molecular formula is C10H8N2O. The second-order valence-electron chi connectivity index (χ2n) is 2.71. The van der Waals surface area contributed by atoms with Gasteiger partial charge in [-0.15, -0.1) is 0 Å². The number of benzene rings is 1. The SMILES string of the molecule is O=Cc1ccc(-c2cnc[nH]2)cc1. The van der Waals surface area contributed by atoms with Gasteiger partial charge in [-0.2, -0.15) is 0 Å². The predicted octanol–water partition coefficient (Wildman–Crippen LogP) is 1.89. The monoisotopic (exact) mass is 172 g/mol. The van der Waals surface area contributed by atoms with E-state index in [1.54, 1.807) is 24.7 Å². The predicted molar refractivity (Wildman–Crippen MR) is 49.4 cm³/mol. The van der Waals surface area contributed by atoms with Gasteiger partial charge in [-0.1, -0.05) is 24.3 Å². The Labute approximate surface area is 75.4 Å². The van der Waals surface area contributed by atoms with E-state index in [2.05, 4.69) is 9.97 Å². The lowest BCUT2D eigenvalue weighted by molar-refractivity contribution is 0.112. The van der Waals surface area contributed by atoms with Crippen LogP contribution in [0.2, 0.25) is 0 Å². The second kappa shape index (κ2) is 3.23. The number of imidazole rings is 1. The minimum Gasteiger partial charge on any atom is -0.345 e. The van der Waals surface area contributed by atoms with Crippen LogP contribution in [-0.4, -0.2) is 16.3 Å². The number of aromatic amines is 1. The Kier molecular flexibility index (Phi) is 1.92. The number of rotatable bonds is 2. The summed E-state index contributed by atoms with van der Waals surface area (Å²) < 4.78 is 0. The van der Waals surface area contributed by atoms with Gasteiger partial charge in [0, 0.05) is 5.56 Å². The van der Waals surface area contributed by atoms with E-state index in [-0.39, 0.29) is 0 Å². The van der Waals surface area contributed by atoms with Crippen LogP contribution in [0.5, 0.6) is 0 Å². The molecule has 1 aromatic heterocycles. The highest BCUT2D eigenvalue weighted by Crippen LogP contribution is 2.15. The first-order valence-corrected chi connectivity index (χ1v) is 3.94. The Bertz CT molecular complexity index is 389. The number of carbonyl (C=O) groups excluding carboxylic acids is 1. The van der Waals surface area contributed by atoms with Crippen molar-refractivity contribution in [3.05, 3.63) is 42.4 Å². The molecule has 0 bridgehead atoms. The van der Waals surface area contributed by atoms with Crippen molar-refractivity contribution in [2.24, 2.45) is 0 Å². The van der Waals surface area contributed by atoms with E-state index in [1.807, 2.05) is 12.1 Å². The number of nitrogens with one attached hydrogen (secondary N) is 1. The maximum atomic E-state index is 10.4. The highest BCUT2D eigenvalue weighted by atomic mass is 16.1. The number of hydrogen-bond acceptors (Lipinski definition) is 2. The lowest BCUT2D eigenvalue weighted by atomic mass is 10.1. The zero-order chi connectivity index (χ0) is 9.10. The number of H-pyrrole nitrogens is 1. The fourth-order valence-corrected chi connectivity index (χ4v) is 1.15. The van der Waals surface area contributed by atoms with Gasteiger partial charge in [0.15, 0.2) is 0 Å². The Balaban J connectivity index is 2.38. The van der Waals surface area contributed by atoms with E-state index in [0.29, 0.717) is 5.56 Å². The molecule has 3 nitrogen and oxygen atoms in total. The average molecular weight is 172 g/mol. The quantitative estimate of drug-likeness (QED) is 0.703. The van der Waals surface area contributed by atoms with Crippen molar-refractivity contribution in [1.29, 1.82) is 0 Å². The van der Waals surface area contributed by atoms with E-state index in [4.69, 9.17) is 0 Å². The third kappa shape index (κ3) is 1.49. The van der Waals surface area contributed by atoms with Crippen LogP contribution >= 0.6 is 0 Å². The van der Waals surface area contributed by atoms with Crippen LogP contribution in [0.25, 0.3) is 11.3 Å². The fraction of sp³-hybridized carbons (Fsp3) is 0. The van der Waals surface area contributed by atoms with Crippen LogP contribution in [-0.2, 0) is 0 Å². The summed E-state index contributed by atoms with van der Waals surface area (Å²) in [5.74, 6) is 0. The summed E-state index contributed by atoms with van der Waals surface area (Å²) in [6.07, 6.45) is 4.20. The van der Waals surface area contributed by atoms with Crippen molar-refractivity contribution in [2.45, 2.75) is 0 Å². The molecule has 3 heteroatoms. The van der Waals surface area contributed by atoms with Crippen LogP contribution in [0.15, 0.2) is 36.8 Å². The maximum absolute atomic E-state index is 10.4. The van der Waals surface area contributed by atoms with Gasteiger partial charge in [0.2, 0.25) is 0 Å². The van der Waals surface area contributed by atoms with Crippen molar-refractivity contribution < 1.29 is 4.79 Å². The third-order valence-corrected chi connectivity index (χ3v) is 1.86. The van der Waals surface area contributed by atoms with E-state index < -0.39 is 0 Å². The Morgan fingerprint density at radius 3 is 2.54 bits per heavy atom. The van der Waals surface area contributed by atoms with Crippen molar-refractivity contribution >= 4 is 6.29 Å². The van der Waals surface area contributed by atoms with E-state index >= 15 is 0 Å². The highest BCUT2D eigenvalue weighted by Gasteiger charge is 1.97. The van der Waals surface area contributed by atoms with Crippen LogP contribution in [0.1, 0.15) is 10.4 Å². The van der Waals surface area contributed by atoms with Crippen molar-refractivity contribution in [3.63, 3.8) is 0 Å². The second-order valence-corrected chi connectivity index (χ2v) is 2.71. The van der Waals surface area contributed by atoms with E-state index in [9.17, 15) is 4.79 Å². The van der Waals surface area contributed by atoms with Gasteiger partial charge in [-0.25, -0.2) is 4.98 Å². The molecule has 0 fully saturated rings. The molecule has 0 spiro atoms. The molecule has 64 valence electrons. The van der Waals surface area contributed by atoms with Gasteiger partial charge < -0.3 is 4.98 Å². The maximum Gasteiger partial charge on any atom is 0.150 e. The minimum atomic E-state index is 0.684. The number of aromatic nitrogens is 2. The topological polar surface area (TPSA) is 45.8 Å². The summed E-state index contributed by atoms with van der Waals surface area (Å²) in [5.41, 5.74) is 2.67. The smallest absolute Gasteiger partial charge is 0.150 e. The molecule has 0 unspecified atom stereocenters. The number of nitrogens with zero attached hydrogens (tertiary/aromatic N) is 1. The van der Waals surface area contributed by atoms with E-state index in [0.717, 1.165) is 17.5 Å². The Morgan fingerprint density at radius 1 is 1.23 bits per heavy atom. The molecule has 0 aliphatic carbocycles. The molecule has 0 aliphatic heterocycles. The molecule has 13 heavy (non-hydrogen) atoms. The molecular weight excluding hydrogens is 164 g/mol. The lowest BCUT2D eigenvalue weighted by Crippen LogP contribution is -1.80. The molecule has 0 saturated heterocycles. The zero-order valence-electron chi connectivity index (χ0n) is 6.90. The molecule has 0 saturated carbocycles. The number of carbonyl (C=O) groups is 1. The molecule has 0 aliphatic rings. The normalized spacial score (nSPS) is 9.85. The Morgan fingerprint density at radius 2 is 2.00 bits per heavy atom. The van der Waals surface area contributed by atoms with Gasteiger partial charge >= 0.3 is 0 Å². The Hall–Kier alpha value is -1.90. The van der Waals surface area contributed by atoms with Crippen LogP contribution in [0.3, 0.4) is 0 Å². The first-order valence-electron chi connectivity index (χ1n) is 3.94. The summed E-state index contributed by atoms with van der Waals surface area (Å²) >= 11 is 0. The molecule has 0 radical (unpaired) electrons. The summed E-state index contributed by atoms with van der Waals surface area (Å²) in [7, 11) is 0. The number of aldehydes is 1. The molecule has 2 rings (SSSR count). The summed E-state index contributed by atoms with van der Waals surface area (Å²) in [6, 6.07) is 7.33. The number of hydrogen-bond donors (Lipinski definition) is 1. The third-order valence-electron chi connectivity index (χ3n) is 1.86. The fourth-order valence-electron chi connectivity index (χ4n) is 1.15. The standard InChI is InChI=1S/C10H8N2O/c13-6-8-1-3-9(4-2-8)10-5-11-7-12-10/h1-7H,(H,11,12). The zero-order valence-corrected chi connectivity index (χ0v) is 6.90. The van der Waals surface area contributed by atoms with Gasteiger partial charge in [0.05, 0.1) is 18.2 Å². The summed E-state index contributed by atoms with van der Waals surface area (Å²) in [6.45, 7) is 0. The van der Waals surface area contributed by atoms with Gasteiger partial charge in [0.1, 0.15) is 6.29 Å². The van der Waals surface area contributed by atoms with Crippen molar-refractivity contribution in [1.82, 2.24) is 9.97 Å². The van der Waals surface area contributed by atoms with Crippen molar-refractivity contribution in [2.75, 3.05) is 0 Å². The van der Waals surface area contributed by atoms with Gasteiger partial charge in [-0.3, -0.25) is 4.79 Å². The van der Waals surface area contributed by atoms with Crippen molar-refractivity contribution in [3.8, 4) is 11.3 Å². The van der Waals surface area contributed by atoms with Gasteiger partial charge in [-0.05, 0) is 5.56 Å². The molecule has 1 N–H and O–H groups in total. The summed E-state index contributed by atoms with van der Waals surface area (Å²) in [4.78, 5) is 17.3. The van der Waals surface area contributed by atoms with Crippen LogP contribution in [0, 0.1) is 0 Å². The van der Waals surface area contributed by atoms with Crippen LogP contribution < -0.4 is 0 Å². The summed E-state index contributed by atoms with van der Waals surface area (Å²) in [5, 5.41) is 0. The first-order chi connectivity index (χ1) is 6.40. The van der Waals surface area contributed by atoms with E-state index in [1.165, 1.54) is 0 Å². The molecule has 0 atom stereocenters. The molecule has 2 aromatic rings. The highest BCUT2D eigenvalue weighted by molar-refractivity contribution is 5.76. The molecule has 1 heterocycles. The lowest BCUT2D eigenvalue weighted by Gasteiger charge is -1.96. The first kappa shape index (κ1) is 7.73. The molecule has 1 aromatic carbocycles. The largest absolute Gasteiger partial charge is 0.345 e. The molecule has 0 amide bonds. The minimum absolute atomic E-state index is 0.684. The average Bonchev–Trinajstić information content (AvgIpc) is 2.71.